The fourth-order valence-electron chi connectivity index (χ4n) is 6.59. The number of fused-ring (bicyclic) bond motifs is 2. The minimum atomic E-state index is -0.250. The summed E-state index contributed by atoms with van der Waals surface area (Å²) < 4.78 is 0. The molecule has 0 radical (unpaired) electrons. The van der Waals surface area contributed by atoms with Gasteiger partial charge in [-0.15, -0.1) is 11.3 Å². The molecule has 0 bridgehead atoms. The number of aryl methyl sites for hydroxylation is 1. The van der Waals surface area contributed by atoms with Crippen molar-refractivity contribution in [2.24, 2.45) is 11.3 Å². The zero-order valence-electron chi connectivity index (χ0n) is 26.4. The highest BCUT2D eigenvalue weighted by atomic mass is 32.1. The van der Waals surface area contributed by atoms with Crippen molar-refractivity contribution in [2.45, 2.75) is 84.2 Å². The van der Waals surface area contributed by atoms with Crippen molar-refractivity contribution in [1.82, 2.24) is 20.6 Å². The molecular weight excluding hydrogens is 584 g/mol. The molecule has 4 N–H and O–H groups in total. The fourth-order valence-corrected chi connectivity index (χ4v) is 7.52. The standard InChI is InChI=1S/C35H42N4O2S.CH2O2/c1-35(2,3)27-13-14-29-25(19-27)18-26-20-31(42-34(26)39-29)33(41)38-30(16-17-36-28-6-4-5-7-28)23-10-8-22(9-11-23)24-12-15-32(40)37-21-24;2-1-3/h8-12,15,18,20-21,27-28,30,36H,4-7,13-14,16-17,19H2,1-3H3,(H,37,40)(H,38,41);1H,(H,2,3)/t27-,30+;/m0./s1. The number of carbonyl (C=O) groups excluding carboxylic acids is 1. The molecule has 4 aromatic rings. The number of benzene rings is 1. The maximum absolute atomic E-state index is 13.7. The number of thiophene rings is 1. The SMILES string of the molecule is CC(C)(C)[C@H]1CCc2nc3sc(C(=O)N[C@H](CCNC4CCCC4)c4ccc(-c5ccc(=O)[nH]c5)cc4)cc3cc2C1.O=CO. The molecule has 1 fully saturated rings. The van der Waals surface area contributed by atoms with Crippen LogP contribution in [0.3, 0.4) is 0 Å². The van der Waals surface area contributed by atoms with Crippen molar-refractivity contribution in [2.75, 3.05) is 6.54 Å². The Kier molecular flexibility index (Phi) is 10.5. The maximum atomic E-state index is 13.7. The van der Waals surface area contributed by atoms with Crippen LogP contribution in [0.5, 0.6) is 0 Å². The van der Waals surface area contributed by atoms with E-state index in [9.17, 15) is 9.59 Å². The number of amides is 1. The van der Waals surface area contributed by atoms with Gasteiger partial charge in [-0.1, -0.05) is 57.9 Å². The zero-order chi connectivity index (χ0) is 32.0. The van der Waals surface area contributed by atoms with Gasteiger partial charge in [0.1, 0.15) is 4.83 Å². The highest BCUT2D eigenvalue weighted by Crippen LogP contribution is 2.38. The number of rotatable bonds is 8. The largest absolute Gasteiger partial charge is 0.483 e. The van der Waals surface area contributed by atoms with Crippen LogP contribution in [0, 0.1) is 11.3 Å². The van der Waals surface area contributed by atoms with Crippen LogP contribution in [0.15, 0.2) is 59.5 Å². The molecule has 1 aromatic carbocycles. The summed E-state index contributed by atoms with van der Waals surface area (Å²) in [4.78, 5) is 42.9. The van der Waals surface area contributed by atoms with Gasteiger partial charge in [0, 0.05) is 29.4 Å². The number of carboxylic acid groups (broad SMARTS) is 1. The number of aromatic nitrogens is 2. The first-order chi connectivity index (χ1) is 21.6. The van der Waals surface area contributed by atoms with Crippen LogP contribution in [-0.4, -0.2) is 40.0 Å². The van der Waals surface area contributed by atoms with Gasteiger partial charge in [0.25, 0.3) is 12.4 Å². The van der Waals surface area contributed by atoms with E-state index in [0.29, 0.717) is 16.8 Å². The summed E-state index contributed by atoms with van der Waals surface area (Å²) in [6, 6.07) is 16.4. The number of nitrogens with one attached hydrogen (secondary N) is 3. The molecule has 0 unspecified atom stereocenters. The van der Waals surface area contributed by atoms with E-state index < -0.39 is 0 Å². The van der Waals surface area contributed by atoms with Gasteiger partial charge in [0.15, 0.2) is 0 Å². The van der Waals surface area contributed by atoms with E-state index in [2.05, 4.69) is 66.7 Å². The predicted molar refractivity (Wildman–Crippen MR) is 181 cm³/mol. The van der Waals surface area contributed by atoms with Crippen LogP contribution in [0.2, 0.25) is 0 Å². The minimum Gasteiger partial charge on any atom is -0.483 e. The van der Waals surface area contributed by atoms with Gasteiger partial charge in [-0.25, -0.2) is 4.98 Å². The number of hydrogen-bond acceptors (Lipinski definition) is 6. The lowest BCUT2D eigenvalue weighted by atomic mass is 9.71. The van der Waals surface area contributed by atoms with Crippen LogP contribution in [0.4, 0.5) is 0 Å². The Morgan fingerprint density at radius 3 is 2.47 bits per heavy atom. The van der Waals surface area contributed by atoms with Crippen molar-refractivity contribution in [3.63, 3.8) is 0 Å². The van der Waals surface area contributed by atoms with Crippen molar-refractivity contribution in [3.8, 4) is 11.1 Å². The molecule has 0 aliphatic heterocycles. The molecule has 0 saturated heterocycles. The Morgan fingerprint density at radius 2 is 1.80 bits per heavy atom. The van der Waals surface area contributed by atoms with Crippen molar-refractivity contribution < 1.29 is 14.7 Å². The second-order valence-electron chi connectivity index (χ2n) is 13.3. The van der Waals surface area contributed by atoms with Crippen LogP contribution in [0.1, 0.15) is 91.8 Å². The van der Waals surface area contributed by atoms with E-state index in [4.69, 9.17) is 14.9 Å². The molecule has 2 aliphatic carbocycles. The molecule has 1 amide bonds. The summed E-state index contributed by atoms with van der Waals surface area (Å²) in [5.74, 6) is 0.610. The molecule has 9 heteroatoms. The molecule has 6 rings (SSSR count). The molecule has 238 valence electrons. The average molecular weight is 629 g/mol. The first-order valence-corrected chi connectivity index (χ1v) is 16.8. The van der Waals surface area contributed by atoms with Gasteiger partial charge in [-0.3, -0.25) is 14.4 Å². The lowest BCUT2D eigenvalue weighted by Gasteiger charge is -2.34. The second kappa shape index (κ2) is 14.5. The van der Waals surface area contributed by atoms with Crippen LogP contribution in [-0.2, 0) is 17.6 Å². The molecule has 2 atom stereocenters. The highest BCUT2D eigenvalue weighted by Gasteiger charge is 2.30. The summed E-state index contributed by atoms with van der Waals surface area (Å²) in [6.45, 7) is 7.60. The van der Waals surface area contributed by atoms with Crippen LogP contribution < -0.4 is 16.2 Å². The Hall–Kier alpha value is -3.82. The molecular formula is C36H44N4O4S. The Labute approximate surface area is 268 Å². The topological polar surface area (TPSA) is 124 Å². The fraction of sp³-hybridized carbons (Fsp3) is 0.444. The quantitative estimate of drug-likeness (QED) is 0.158. The van der Waals surface area contributed by atoms with Crippen molar-refractivity contribution in [3.05, 3.63) is 86.8 Å². The van der Waals surface area contributed by atoms with Crippen LogP contribution in [0.25, 0.3) is 21.3 Å². The summed E-state index contributed by atoms with van der Waals surface area (Å²) in [6.07, 6.45) is 10.9. The normalized spacial score (nSPS) is 17.3. The molecule has 2 aliphatic rings. The van der Waals surface area contributed by atoms with Gasteiger partial charge in [0.2, 0.25) is 5.56 Å². The monoisotopic (exact) mass is 628 g/mol. The summed E-state index contributed by atoms with van der Waals surface area (Å²) in [5.41, 5.74) is 5.78. The Morgan fingerprint density at radius 1 is 1.09 bits per heavy atom. The third kappa shape index (κ3) is 8.27. The first kappa shape index (κ1) is 32.6. The third-order valence-corrected chi connectivity index (χ3v) is 10.3. The molecule has 1 saturated carbocycles. The second-order valence-corrected chi connectivity index (χ2v) is 14.4. The van der Waals surface area contributed by atoms with E-state index in [1.807, 2.05) is 12.1 Å². The number of nitrogens with zero attached hydrogens (tertiary/aromatic N) is 1. The minimum absolute atomic E-state index is 0.0425. The van der Waals surface area contributed by atoms with E-state index in [1.54, 1.807) is 12.3 Å². The van der Waals surface area contributed by atoms with Gasteiger partial charge >= 0.3 is 0 Å². The lowest BCUT2D eigenvalue weighted by Crippen LogP contribution is -2.33. The number of carbonyl (C=O) groups is 2. The molecule has 45 heavy (non-hydrogen) atoms. The van der Waals surface area contributed by atoms with E-state index in [0.717, 1.165) is 52.7 Å². The van der Waals surface area contributed by atoms with Crippen molar-refractivity contribution in [1.29, 1.82) is 0 Å². The Bertz CT molecular complexity index is 1640. The van der Waals surface area contributed by atoms with Gasteiger partial charge in [-0.2, -0.15) is 0 Å². The Balaban J connectivity index is 0.00000128. The van der Waals surface area contributed by atoms with E-state index in [1.165, 1.54) is 54.7 Å². The molecule has 0 spiro atoms. The lowest BCUT2D eigenvalue weighted by molar-refractivity contribution is -0.122. The summed E-state index contributed by atoms with van der Waals surface area (Å²) in [7, 11) is 0. The summed E-state index contributed by atoms with van der Waals surface area (Å²) in [5, 5.41) is 15.0. The van der Waals surface area contributed by atoms with Crippen LogP contribution >= 0.6 is 11.3 Å². The number of H-pyrrole nitrogens is 1. The first-order valence-electron chi connectivity index (χ1n) is 16.0. The number of aromatic amines is 1. The number of pyridine rings is 2. The number of hydrogen-bond donors (Lipinski definition) is 4. The average Bonchev–Trinajstić information content (AvgIpc) is 3.69. The highest BCUT2D eigenvalue weighted by molar-refractivity contribution is 7.20. The summed E-state index contributed by atoms with van der Waals surface area (Å²) >= 11 is 1.50. The zero-order valence-corrected chi connectivity index (χ0v) is 27.2. The molecule has 3 heterocycles. The van der Waals surface area contributed by atoms with Gasteiger partial charge < -0.3 is 20.7 Å². The van der Waals surface area contributed by atoms with E-state index >= 15 is 0 Å². The maximum Gasteiger partial charge on any atom is 0.290 e. The third-order valence-electron chi connectivity index (χ3n) is 9.28. The molecule has 3 aromatic heterocycles. The smallest absolute Gasteiger partial charge is 0.290 e. The predicted octanol–water partition coefficient (Wildman–Crippen LogP) is 6.90. The van der Waals surface area contributed by atoms with Crippen molar-refractivity contribution >= 4 is 33.9 Å². The van der Waals surface area contributed by atoms with Gasteiger partial charge in [-0.05, 0) is 96.9 Å². The molecule has 8 nitrogen and oxygen atoms in total. The van der Waals surface area contributed by atoms with Gasteiger partial charge in [0.05, 0.1) is 10.9 Å². The van der Waals surface area contributed by atoms with E-state index in [-0.39, 0.29) is 29.4 Å².